The second kappa shape index (κ2) is 2.48. The monoisotopic (exact) mass is 127 g/mol. The summed E-state index contributed by atoms with van der Waals surface area (Å²) in [5.74, 6) is 0.296. The van der Waals surface area contributed by atoms with Crippen molar-refractivity contribution in [1.29, 1.82) is 0 Å². The molecule has 1 rings (SSSR count). The van der Waals surface area contributed by atoms with Crippen LogP contribution >= 0.6 is 0 Å². The molecule has 0 aromatic rings. The number of likely N-dealkylation sites (tertiary alicyclic amines) is 1. The van der Waals surface area contributed by atoms with Crippen molar-refractivity contribution in [1.82, 2.24) is 4.90 Å². The molecule has 1 saturated heterocycles. The first kappa shape index (κ1) is 6.75. The zero-order chi connectivity index (χ0) is 6.85. The summed E-state index contributed by atoms with van der Waals surface area (Å²) < 4.78 is 0. The van der Waals surface area contributed by atoms with Crippen molar-refractivity contribution in [2.75, 3.05) is 13.6 Å². The van der Waals surface area contributed by atoms with Crippen LogP contribution in [0.3, 0.4) is 0 Å². The summed E-state index contributed by atoms with van der Waals surface area (Å²) in [6.45, 7) is 3.11. The van der Waals surface area contributed by atoms with Crippen LogP contribution in [0.4, 0.5) is 0 Å². The summed E-state index contributed by atoms with van der Waals surface area (Å²) in [5, 5.41) is 0. The minimum absolute atomic E-state index is 0.296. The van der Waals surface area contributed by atoms with E-state index in [0.29, 0.717) is 12.0 Å². The summed E-state index contributed by atoms with van der Waals surface area (Å²) in [6, 6.07) is 0.597. The predicted octanol–water partition coefficient (Wildman–Crippen LogP) is 0.526. The van der Waals surface area contributed by atoms with E-state index in [4.69, 9.17) is 0 Å². The van der Waals surface area contributed by atoms with Crippen LogP contribution in [0.5, 0.6) is 0 Å². The van der Waals surface area contributed by atoms with Gasteiger partial charge < -0.3 is 9.69 Å². The number of hydrogen-bond donors (Lipinski definition) is 0. The van der Waals surface area contributed by atoms with E-state index < -0.39 is 0 Å². The maximum absolute atomic E-state index is 10.3. The van der Waals surface area contributed by atoms with E-state index in [1.807, 2.05) is 0 Å². The van der Waals surface area contributed by atoms with Gasteiger partial charge in [-0.3, -0.25) is 0 Å². The number of hydrogen-bond acceptors (Lipinski definition) is 2. The van der Waals surface area contributed by atoms with Crippen molar-refractivity contribution < 1.29 is 4.79 Å². The Balaban J connectivity index is 2.43. The Bertz CT molecular complexity index is 103. The lowest BCUT2D eigenvalue weighted by Crippen LogP contribution is -2.21. The van der Waals surface area contributed by atoms with Gasteiger partial charge in [-0.2, -0.15) is 0 Å². The fraction of sp³-hybridized carbons (Fsp3) is 0.857. The number of aldehydes is 1. The highest BCUT2D eigenvalue weighted by molar-refractivity contribution is 5.54. The third kappa shape index (κ3) is 1.30. The summed E-state index contributed by atoms with van der Waals surface area (Å²) in [4.78, 5) is 12.5. The average Bonchev–Trinajstić information content (AvgIpc) is 2.13. The molecule has 0 bridgehead atoms. The average molecular weight is 127 g/mol. The maximum Gasteiger partial charge on any atom is 0.124 e. The third-order valence-electron chi connectivity index (χ3n) is 2.11. The highest BCUT2D eigenvalue weighted by atomic mass is 16.1. The molecule has 0 aliphatic carbocycles. The van der Waals surface area contributed by atoms with Crippen LogP contribution in [0.15, 0.2) is 0 Å². The van der Waals surface area contributed by atoms with Crippen molar-refractivity contribution in [3.8, 4) is 0 Å². The first-order valence-electron chi connectivity index (χ1n) is 3.39. The Labute approximate surface area is 55.8 Å². The van der Waals surface area contributed by atoms with Gasteiger partial charge in [-0.25, -0.2) is 0 Å². The Morgan fingerprint density at radius 2 is 2.33 bits per heavy atom. The van der Waals surface area contributed by atoms with Crippen LogP contribution < -0.4 is 0 Å². The quantitative estimate of drug-likeness (QED) is 0.479. The minimum atomic E-state index is 0.296. The first-order chi connectivity index (χ1) is 4.24. The van der Waals surface area contributed by atoms with Crippen LogP contribution in [-0.4, -0.2) is 30.8 Å². The zero-order valence-corrected chi connectivity index (χ0v) is 6.00. The Kier molecular flexibility index (Phi) is 1.86. The molecule has 0 aromatic carbocycles. The molecule has 2 atom stereocenters. The van der Waals surface area contributed by atoms with Gasteiger partial charge in [0.15, 0.2) is 0 Å². The third-order valence-corrected chi connectivity index (χ3v) is 2.11. The van der Waals surface area contributed by atoms with E-state index in [2.05, 4.69) is 18.9 Å². The van der Waals surface area contributed by atoms with Gasteiger partial charge in [-0.15, -0.1) is 0 Å². The lowest BCUT2D eigenvalue weighted by molar-refractivity contribution is -0.110. The molecule has 2 nitrogen and oxygen atoms in total. The topological polar surface area (TPSA) is 20.3 Å². The van der Waals surface area contributed by atoms with Gasteiger partial charge in [0.05, 0.1) is 0 Å². The van der Waals surface area contributed by atoms with Crippen molar-refractivity contribution in [2.45, 2.75) is 19.4 Å². The van der Waals surface area contributed by atoms with Gasteiger partial charge in [-0.05, 0) is 20.4 Å². The molecule has 2 heteroatoms. The minimum Gasteiger partial charge on any atom is -0.303 e. The van der Waals surface area contributed by atoms with Crippen LogP contribution in [0.25, 0.3) is 0 Å². The van der Waals surface area contributed by atoms with E-state index >= 15 is 0 Å². The van der Waals surface area contributed by atoms with E-state index in [1.165, 1.54) is 0 Å². The van der Waals surface area contributed by atoms with Gasteiger partial charge in [0.1, 0.15) is 6.29 Å². The molecule has 0 radical (unpaired) electrons. The van der Waals surface area contributed by atoms with Gasteiger partial charge in [0, 0.05) is 18.5 Å². The molecule has 0 N–H and O–H groups in total. The lowest BCUT2D eigenvalue weighted by atomic mass is 10.1. The molecule has 1 fully saturated rings. The van der Waals surface area contributed by atoms with Crippen LogP contribution in [0, 0.1) is 5.92 Å². The van der Waals surface area contributed by atoms with Crippen molar-refractivity contribution >= 4 is 6.29 Å². The highest BCUT2D eigenvalue weighted by Crippen LogP contribution is 2.18. The molecule has 0 amide bonds. The van der Waals surface area contributed by atoms with Crippen LogP contribution in [0.2, 0.25) is 0 Å². The van der Waals surface area contributed by atoms with Crippen molar-refractivity contribution in [2.24, 2.45) is 5.92 Å². The SMILES string of the molecule is C[C@H]1CC(C=O)CN1C. The second-order valence-electron chi connectivity index (χ2n) is 2.92. The first-order valence-corrected chi connectivity index (χ1v) is 3.39. The smallest absolute Gasteiger partial charge is 0.124 e. The molecular formula is C7H13NO. The van der Waals surface area contributed by atoms with Gasteiger partial charge >= 0.3 is 0 Å². The summed E-state index contributed by atoms with van der Waals surface area (Å²) in [6.07, 6.45) is 2.11. The molecule has 1 aliphatic heterocycles. The van der Waals surface area contributed by atoms with Gasteiger partial charge in [0.25, 0.3) is 0 Å². The van der Waals surface area contributed by atoms with E-state index in [0.717, 1.165) is 19.3 Å². The number of rotatable bonds is 1. The molecule has 1 aliphatic rings. The van der Waals surface area contributed by atoms with Crippen LogP contribution in [0.1, 0.15) is 13.3 Å². The van der Waals surface area contributed by atoms with E-state index in [-0.39, 0.29) is 0 Å². The Morgan fingerprint density at radius 1 is 1.67 bits per heavy atom. The Morgan fingerprint density at radius 3 is 2.56 bits per heavy atom. The highest BCUT2D eigenvalue weighted by Gasteiger charge is 2.24. The summed E-state index contributed by atoms with van der Waals surface area (Å²) in [7, 11) is 2.06. The molecule has 0 aromatic heterocycles. The lowest BCUT2D eigenvalue weighted by Gasteiger charge is -2.12. The standard InChI is InChI=1S/C7H13NO/c1-6-3-7(5-9)4-8(6)2/h5-7H,3-4H2,1-2H3/t6-,7?/m0/s1. The summed E-state index contributed by atoms with van der Waals surface area (Å²) >= 11 is 0. The number of carbonyl (C=O) groups excluding carboxylic acids is 1. The fourth-order valence-electron chi connectivity index (χ4n) is 1.34. The number of nitrogens with zero attached hydrogens (tertiary/aromatic N) is 1. The molecular weight excluding hydrogens is 114 g/mol. The normalized spacial score (nSPS) is 37.1. The van der Waals surface area contributed by atoms with Crippen LogP contribution in [-0.2, 0) is 4.79 Å². The zero-order valence-electron chi connectivity index (χ0n) is 6.00. The molecule has 52 valence electrons. The van der Waals surface area contributed by atoms with Crippen molar-refractivity contribution in [3.63, 3.8) is 0 Å². The molecule has 0 spiro atoms. The van der Waals surface area contributed by atoms with Gasteiger partial charge in [0.2, 0.25) is 0 Å². The van der Waals surface area contributed by atoms with Crippen molar-refractivity contribution in [3.05, 3.63) is 0 Å². The largest absolute Gasteiger partial charge is 0.303 e. The molecule has 1 heterocycles. The molecule has 1 unspecified atom stereocenters. The van der Waals surface area contributed by atoms with E-state index in [1.54, 1.807) is 0 Å². The molecule has 0 saturated carbocycles. The van der Waals surface area contributed by atoms with Gasteiger partial charge in [-0.1, -0.05) is 0 Å². The summed E-state index contributed by atoms with van der Waals surface area (Å²) in [5.41, 5.74) is 0. The van der Waals surface area contributed by atoms with E-state index in [9.17, 15) is 4.79 Å². The predicted molar refractivity (Wildman–Crippen MR) is 36.3 cm³/mol. The fourth-order valence-corrected chi connectivity index (χ4v) is 1.34. The maximum atomic E-state index is 10.3. The Hall–Kier alpha value is -0.370. The number of carbonyl (C=O) groups is 1. The molecule has 9 heavy (non-hydrogen) atoms. The second-order valence-corrected chi connectivity index (χ2v) is 2.92.